The van der Waals surface area contributed by atoms with Crippen molar-refractivity contribution in [2.24, 2.45) is 5.73 Å². The first-order valence-electron chi connectivity index (χ1n) is 5.34. The van der Waals surface area contributed by atoms with E-state index in [1.54, 1.807) is 29.1 Å². The molecule has 82 valence electrons. The van der Waals surface area contributed by atoms with Gasteiger partial charge in [-0.2, -0.15) is 5.10 Å². The van der Waals surface area contributed by atoms with Crippen LogP contribution in [0.2, 0.25) is 0 Å². The van der Waals surface area contributed by atoms with Crippen LogP contribution in [0.25, 0.3) is 5.69 Å². The number of aromatic nitrogens is 2. The highest BCUT2D eigenvalue weighted by Gasteiger charge is 2.24. The van der Waals surface area contributed by atoms with E-state index >= 15 is 0 Å². The average molecular weight is 217 g/mol. The third-order valence-corrected chi connectivity index (χ3v) is 3.07. The zero-order valence-corrected chi connectivity index (χ0v) is 8.73. The van der Waals surface area contributed by atoms with Crippen LogP contribution in [0.1, 0.15) is 23.7 Å². The summed E-state index contributed by atoms with van der Waals surface area (Å²) in [5, 5.41) is 4.22. The van der Waals surface area contributed by atoms with Gasteiger partial charge in [-0.1, -0.05) is 12.1 Å². The van der Waals surface area contributed by atoms with E-state index in [9.17, 15) is 4.39 Å². The van der Waals surface area contributed by atoms with Crippen LogP contribution < -0.4 is 5.73 Å². The van der Waals surface area contributed by atoms with E-state index in [1.807, 2.05) is 0 Å². The molecule has 2 aromatic rings. The minimum atomic E-state index is -0.256. The van der Waals surface area contributed by atoms with Gasteiger partial charge in [-0.25, -0.2) is 9.07 Å². The van der Waals surface area contributed by atoms with Gasteiger partial charge in [0.05, 0.1) is 6.20 Å². The van der Waals surface area contributed by atoms with Crippen molar-refractivity contribution in [3.8, 4) is 5.69 Å². The minimum absolute atomic E-state index is 0.0514. The van der Waals surface area contributed by atoms with E-state index in [0.29, 0.717) is 5.69 Å². The summed E-state index contributed by atoms with van der Waals surface area (Å²) >= 11 is 0. The van der Waals surface area contributed by atoms with E-state index in [2.05, 4.69) is 5.10 Å². The molecule has 0 fully saturated rings. The van der Waals surface area contributed by atoms with Crippen LogP contribution in [0.4, 0.5) is 4.39 Å². The Bertz CT molecular complexity index is 533. The smallest absolute Gasteiger partial charge is 0.148 e. The molecule has 3 nitrogen and oxygen atoms in total. The number of halogens is 1. The highest BCUT2D eigenvalue weighted by atomic mass is 19.1. The Morgan fingerprint density at radius 1 is 1.38 bits per heavy atom. The predicted molar refractivity (Wildman–Crippen MR) is 58.8 cm³/mol. The molecule has 0 radical (unpaired) electrons. The first-order valence-corrected chi connectivity index (χ1v) is 5.34. The fourth-order valence-electron chi connectivity index (χ4n) is 2.23. The Morgan fingerprint density at radius 2 is 2.19 bits per heavy atom. The maximum absolute atomic E-state index is 13.6. The molecule has 1 aromatic heterocycles. The number of nitrogens with zero attached hydrogens (tertiary/aromatic N) is 2. The van der Waals surface area contributed by atoms with Gasteiger partial charge in [0.25, 0.3) is 0 Å². The van der Waals surface area contributed by atoms with Gasteiger partial charge in [-0.3, -0.25) is 0 Å². The summed E-state index contributed by atoms with van der Waals surface area (Å²) in [6.45, 7) is 0. The van der Waals surface area contributed by atoms with E-state index in [1.165, 1.54) is 6.07 Å². The number of hydrogen-bond donors (Lipinski definition) is 1. The molecule has 1 aromatic carbocycles. The van der Waals surface area contributed by atoms with Gasteiger partial charge in [0, 0.05) is 17.3 Å². The molecule has 0 saturated heterocycles. The van der Waals surface area contributed by atoms with Crippen LogP contribution >= 0.6 is 0 Å². The van der Waals surface area contributed by atoms with Crippen LogP contribution in [-0.4, -0.2) is 9.78 Å². The Kier molecular flexibility index (Phi) is 2.04. The van der Waals surface area contributed by atoms with Crippen molar-refractivity contribution in [2.75, 3.05) is 0 Å². The maximum Gasteiger partial charge on any atom is 0.148 e. The Morgan fingerprint density at radius 3 is 3.00 bits per heavy atom. The highest BCUT2D eigenvalue weighted by Crippen LogP contribution is 2.30. The maximum atomic E-state index is 13.6. The van der Waals surface area contributed by atoms with Gasteiger partial charge in [0.15, 0.2) is 0 Å². The molecule has 0 spiro atoms. The summed E-state index contributed by atoms with van der Waals surface area (Å²) in [4.78, 5) is 0. The second-order valence-corrected chi connectivity index (χ2v) is 4.05. The lowest BCUT2D eigenvalue weighted by atomic mass is 10.2. The van der Waals surface area contributed by atoms with Crippen molar-refractivity contribution >= 4 is 0 Å². The molecule has 1 unspecified atom stereocenters. The van der Waals surface area contributed by atoms with E-state index in [0.717, 1.165) is 24.1 Å². The number of benzene rings is 1. The SMILES string of the molecule is NC1CCc2c1cnn2-c1ccccc1F. The zero-order valence-electron chi connectivity index (χ0n) is 8.73. The fraction of sp³-hybridized carbons (Fsp3) is 0.250. The number of hydrogen-bond acceptors (Lipinski definition) is 2. The van der Waals surface area contributed by atoms with E-state index in [4.69, 9.17) is 5.73 Å². The first-order chi connectivity index (χ1) is 7.77. The summed E-state index contributed by atoms with van der Waals surface area (Å²) in [5.41, 5.74) is 8.51. The summed E-state index contributed by atoms with van der Waals surface area (Å²) in [6.07, 6.45) is 3.53. The molecule has 0 amide bonds. The molecule has 1 heterocycles. The Balaban J connectivity index is 2.16. The van der Waals surface area contributed by atoms with E-state index < -0.39 is 0 Å². The fourth-order valence-corrected chi connectivity index (χ4v) is 2.23. The molecular weight excluding hydrogens is 205 g/mol. The van der Waals surface area contributed by atoms with Gasteiger partial charge in [0.2, 0.25) is 0 Å². The van der Waals surface area contributed by atoms with Crippen molar-refractivity contribution in [3.05, 3.63) is 47.5 Å². The van der Waals surface area contributed by atoms with Crippen LogP contribution in [0.5, 0.6) is 0 Å². The van der Waals surface area contributed by atoms with Gasteiger partial charge in [-0.05, 0) is 25.0 Å². The normalized spacial score (nSPS) is 18.8. The summed E-state index contributed by atoms with van der Waals surface area (Å²) in [7, 11) is 0. The van der Waals surface area contributed by atoms with Crippen molar-refractivity contribution in [1.82, 2.24) is 9.78 Å². The number of para-hydroxylation sites is 1. The molecule has 1 aliphatic rings. The molecule has 3 rings (SSSR count). The molecule has 0 bridgehead atoms. The van der Waals surface area contributed by atoms with Crippen LogP contribution in [0.15, 0.2) is 30.5 Å². The zero-order chi connectivity index (χ0) is 11.1. The lowest BCUT2D eigenvalue weighted by molar-refractivity contribution is 0.605. The molecule has 4 heteroatoms. The van der Waals surface area contributed by atoms with Crippen LogP contribution in [-0.2, 0) is 6.42 Å². The number of fused-ring (bicyclic) bond motifs is 1. The lowest BCUT2D eigenvalue weighted by Crippen LogP contribution is -2.03. The topological polar surface area (TPSA) is 43.8 Å². The second kappa shape index (κ2) is 3.42. The monoisotopic (exact) mass is 217 g/mol. The summed E-state index contributed by atoms with van der Waals surface area (Å²) < 4.78 is 15.3. The molecule has 0 aliphatic heterocycles. The lowest BCUT2D eigenvalue weighted by Gasteiger charge is -2.05. The molecule has 1 atom stereocenters. The average Bonchev–Trinajstić information content (AvgIpc) is 2.83. The standard InChI is InChI=1S/C12H12FN3/c13-9-3-1-2-4-12(9)16-11-6-5-10(14)8(11)7-15-16/h1-4,7,10H,5-6,14H2. The van der Waals surface area contributed by atoms with Gasteiger partial charge in [0.1, 0.15) is 11.5 Å². The van der Waals surface area contributed by atoms with Crippen molar-refractivity contribution in [3.63, 3.8) is 0 Å². The second-order valence-electron chi connectivity index (χ2n) is 4.05. The van der Waals surface area contributed by atoms with Crippen LogP contribution in [0.3, 0.4) is 0 Å². The van der Waals surface area contributed by atoms with Gasteiger partial charge in [-0.15, -0.1) is 0 Å². The van der Waals surface area contributed by atoms with E-state index in [-0.39, 0.29) is 11.9 Å². The van der Waals surface area contributed by atoms with Gasteiger partial charge >= 0.3 is 0 Å². The summed E-state index contributed by atoms with van der Waals surface area (Å²) in [5.74, 6) is -0.256. The Labute approximate surface area is 92.7 Å². The predicted octanol–water partition coefficient (Wildman–Crippen LogP) is 1.96. The van der Waals surface area contributed by atoms with Crippen LogP contribution in [0, 0.1) is 5.82 Å². The molecule has 16 heavy (non-hydrogen) atoms. The Hall–Kier alpha value is -1.68. The third kappa shape index (κ3) is 1.27. The molecule has 2 N–H and O–H groups in total. The molecular formula is C12H12FN3. The van der Waals surface area contributed by atoms with Crippen molar-refractivity contribution in [1.29, 1.82) is 0 Å². The number of rotatable bonds is 1. The van der Waals surface area contributed by atoms with Crippen molar-refractivity contribution in [2.45, 2.75) is 18.9 Å². The molecule has 0 saturated carbocycles. The number of nitrogens with two attached hydrogens (primary N) is 1. The van der Waals surface area contributed by atoms with Crippen molar-refractivity contribution < 1.29 is 4.39 Å². The minimum Gasteiger partial charge on any atom is -0.324 e. The third-order valence-electron chi connectivity index (χ3n) is 3.07. The van der Waals surface area contributed by atoms with Gasteiger partial charge < -0.3 is 5.73 Å². The summed E-state index contributed by atoms with van der Waals surface area (Å²) in [6, 6.07) is 6.70. The molecule has 1 aliphatic carbocycles. The quantitative estimate of drug-likeness (QED) is 0.793. The first kappa shape index (κ1) is 9.54. The highest BCUT2D eigenvalue weighted by molar-refractivity contribution is 5.39. The largest absolute Gasteiger partial charge is 0.324 e.